The van der Waals surface area contributed by atoms with Gasteiger partial charge in [-0.15, -0.1) is 15.3 Å². The Balaban J connectivity index is 1.71. The first kappa shape index (κ1) is 14.7. The molecule has 0 aliphatic rings. The van der Waals surface area contributed by atoms with E-state index in [1.54, 1.807) is 18.1 Å². The normalized spacial score (nSPS) is 11.0. The number of benzene rings is 1. The average molecular weight is 315 g/mol. The summed E-state index contributed by atoms with van der Waals surface area (Å²) in [6, 6.07) is 10.0. The van der Waals surface area contributed by atoms with Crippen LogP contribution in [0.5, 0.6) is 0 Å². The first-order chi connectivity index (χ1) is 10.9. The summed E-state index contributed by atoms with van der Waals surface area (Å²) in [4.78, 5) is 0. The zero-order valence-corrected chi connectivity index (χ0v) is 13.1. The predicted molar refractivity (Wildman–Crippen MR) is 83.6 cm³/mol. The maximum Gasteiger partial charge on any atom is 0.196 e. The highest BCUT2D eigenvalue weighted by molar-refractivity contribution is 7.98. The Kier molecular flexibility index (Phi) is 4.79. The van der Waals surface area contributed by atoms with E-state index in [0.29, 0.717) is 5.75 Å². The van der Waals surface area contributed by atoms with Gasteiger partial charge in [0.25, 0.3) is 0 Å². The molecule has 0 atom stereocenters. The van der Waals surface area contributed by atoms with Crippen LogP contribution in [0.4, 0.5) is 0 Å². The van der Waals surface area contributed by atoms with Crippen molar-refractivity contribution in [3.8, 4) is 5.69 Å². The van der Waals surface area contributed by atoms with Crippen molar-refractivity contribution in [1.29, 1.82) is 0 Å². The van der Waals surface area contributed by atoms with Gasteiger partial charge in [0.15, 0.2) is 11.0 Å². The highest BCUT2D eigenvalue weighted by atomic mass is 32.2. The summed E-state index contributed by atoms with van der Waals surface area (Å²) in [5.74, 6) is 1.53. The van der Waals surface area contributed by atoms with E-state index in [0.717, 1.165) is 36.1 Å². The summed E-state index contributed by atoms with van der Waals surface area (Å²) in [5.41, 5.74) is 1.04. The van der Waals surface area contributed by atoms with Crippen molar-refractivity contribution in [3.63, 3.8) is 0 Å². The molecule has 0 unspecified atom stereocenters. The lowest BCUT2D eigenvalue weighted by Crippen LogP contribution is -2.05. The maximum absolute atomic E-state index is 4.18. The van der Waals surface area contributed by atoms with Gasteiger partial charge in [-0.25, -0.2) is 4.68 Å². The summed E-state index contributed by atoms with van der Waals surface area (Å²) in [7, 11) is 0. The quantitative estimate of drug-likeness (QED) is 0.623. The molecule has 2 aromatic heterocycles. The molecule has 0 aliphatic carbocycles. The molecule has 7 nitrogen and oxygen atoms in total. The molecular formula is C14H17N7S. The van der Waals surface area contributed by atoms with Crippen molar-refractivity contribution in [2.75, 3.05) is 0 Å². The fourth-order valence-corrected chi connectivity index (χ4v) is 2.89. The van der Waals surface area contributed by atoms with E-state index < -0.39 is 0 Å². The van der Waals surface area contributed by atoms with Crippen LogP contribution in [-0.4, -0.2) is 35.0 Å². The second kappa shape index (κ2) is 7.17. The number of hydrogen-bond donors (Lipinski definition) is 0. The number of aromatic nitrogens is 7. The molecule has 0 fully saturated rings. The fraction of sp³-hybridized carbons (Fsp3) is 0.357. The summed E-state index contributed by atoms with van der Waals surface area (Å²) in [6.45, 7) is 3.01. The second-order valence-electron chi connectivity index (χ2n) is 4.78. The first-order valence-corrected chi connectivity index (χ1v) is 8.20. The number of nitrogens with zero attached hydrogens (tertiary/aromatic N) is 7. The Morgan fingerprint density at radius 1 is 1.14 bits per heavy atom. The lowest BCUT2D eigenvalue weighted by atomic mass is 10.3. The highest BCUT2D eigenvalue weighted by Crippen LogP contribution is 2.22. The summed E-state index contributed by atoms with van der Waals surface area (Å²) < 4.78 is 3.82. The van der Waals surface area contributed by atoms with Crippen LogP contribution >= 0.6 is 11.8 Å². The number of aryl methyl sites for hydroxylation is 1. The third kappa shape index (κ3) is 3.33. The molecule has 3 rings (SSSR count). The van der Waals surface area contributed by atoms with Gasteiger partial charge in [-0.05, 0) is 29.0 Å². The molecule has 0 radical (unpaired) electrons. The van der Waals surface area contributed by atoms with Gasteiger partial charge in [0, 0.05) is 12.2 Å². The van der Waals surface area contributed by atoms with Crippen LogP contribution in [-0.2, 0) is 12.3 Å². The monoisotopic (exact) mass is 315 g/mol. The molecule has 1 aromatic carbocycles. The van der Waals surface area contributed by atoms with Crippen molar-refractivity contribution >= 4 is 11.8 Å². The summed E-state index contributed by atoms with van der Waals surface area (Å²) in [6.07, 6.45) is 3.91. The molecule has 3 aromatic rings. The molecular weight excluding hydrogens is 298 g/mol. The van der Waals surface area contributed by atoms with E-state index in [9.17, 15) is 0 Å². The molecule has 8 heteroatoms. The zero-order chi connectivity index (χ0) is 15.2. The minimum Gasteiger partial charge on any atom is -0.277 e. The molecule has 0 saturated heterocycles. The van der Waals surface area contributed by atoms with Crippen LogP contribution < -0.4 is 0 Å². The Morgan fingerprint density at radius 2 is 2.00 bits per heavy atom. The zero-order valence-electron chi connectivity index (χ0n) is 12.3. The number of tetrazole rings is 1. The molecule has 22 heavy (non-hydrogen) atoms. The first-order valence-electron chi connectivity index (χ1n) is 7.21. The number of unbranched alkanes of at least 4 members (excludes halogenated alkanes) is 1. The average Bonchev–Trinajstić information content (AvgIpc) is 3.20. The topological polar surface area (TPSA) is 74.3 Å². The maximum atomic E-state index is 4.18. The summed E-state index contributed by atoms with van der Waals surface area (Å²) >= 11 is 1.58. The molecule has 0 bridgehead atoms. The number of para-hydroxylation sites is 1. The van der Waals surface area contributed by atoms with Crippen LogP contribution in [0.1, 0.15) is 25.6 Å². The van der Waals surface area contributed by atoms with Crippen LogP contribution in [0, 0.1) is 0 Å². The van der Waals surface area contributed by atoms with Crippen molar-refractivity contribution in [3.05, 3.63) is 42.5 Å². The molecule has 2 heterocycles. The van der Waals surface area contributed by atoms with Crippen LogP contribution in [0.3, 0.4) is 0 Å². The van der Waals surface area contributed by atoms with Crippen LogP contribution in [0.15, 0.2) is 41.8 Å². The molecule has 0 saturated carbocycles. The standard InChI is InChI=1S/C14H17N7S/c1-2-3-9-21-13(16-18-19-21)10-22-14-17-15-11-20(14)12-7-5-4-6-8-12/h4-8,11H,2-3,9-10H2,1H3. The van der Waals surface area contributed by atoms with E-state index in [4.69, 9.17) is 0 Å². The molecule has 0 amide bonds. The molecule has 0 aliphatic heterocycles. The minimum absolute atomic E-state index is 0.669. The SMILES string of the molecule is CCCCn1nnnc1CSc1nncn1-c1ccccc1. The Morgan fingerprint density at radius 3 is 2.82 bits per heavy atom. The van der Waals surface area contributed by atoms with Gasteiger partial charge in [0.2, 0.25) is 0 Å². The lowest BCUT2D eigenvalue weighted by Gasteiger charge is -2.06. The number of thioether (sulfide) groups is 1. The third-order valence-corrected chi connectivity index (χ3v) is 4.15. The van der Waals surface area contributed by atoms with Crippen molar-refractivity contribution in [1.82, 2.24) is 35.0 Å². The number of rotatable bonds is 7. The number of hydrogen-bond acceptors (Lipinski definition) is 6. The third-order valence-electron chi connectivity index (χ3n) is 3.21. The predicted octanol–water partition coefficient (Wildman–Crippen LogP) is 2.35. The van der Waals surface area contributed by atoms with Crippen LogP contribution in [0.2, 0.25) is 0 Å². The van der Waals surface area contributed by atoms with Gasteiger partial charge in [0.05, 0.1) is 5.75 Å². The van der Waals surface area contributed by atoms with E-state index in [1.807, 2.05) is 39.6 Å². The van der Waals surface area contributed by atoms with E-state index in [2.05, 4.69) is 32.6 Å². The van der Waals surface area contributed by atoms with Crippen LogP contribution in [0.25, 0.3) is 5.69 Å². The van der Waals surface area contributed by atoms with Gasteiger partial charge in [0.1, 0.15) is 6.33 Å². The smallest absolute Gasteiger partial charge is 0.196 e. The molecule has 0 N–H and O–H groups in total. The Hall–Kier alpha value is -2.22. The lowest BCUT2D eigenvalue weighted by molar-refractivity contribution is 0.540. The molecule has 0 spiro atoms. The Labute approximate surface area is 132 Å². The van der Waals surface area contributed by atoms with Gasteiger partial charge < -0.3 is 0 Å². The van der Waals surface area contributed by atoms with E-state index >= 15 is 0 Å². The van der Waals surface area contributed by atoms with Gasteiger partial charge in [-0.2, -0.15) is 0 Å². The van der Waals surface area contributed by atoms with Crippen molar-refractivity contribution < 1.29 is 0 Å². The Bertz CT molecular complexity index is 707. The van der Waals surface area contributed by atoms with Crippen molar-refractivity contribution in [2.24, 2.45) is 0 Å². The van der Waals surface area contributed by atoms with Crippen molar-refractivity contribution in [2.45, 2.75) is 37.2 Å². The van der Waals surface area contributed by atoms with Gasteiger partial charge >= 0.3 is 0 Å². The fourth-order valence-electron chi connectivity index (χ4n) is 2.03. The van der Waals surface area contributed by atoms with E-state index in [-0.39, 0.29) is 0 Å². The minimum atomic E-state index is 0.669. The largest absolute Gasteiger partial charge is 0.277 e. The van der Waals surface area contributed by atoms with E-state index in [1.165, 1.54) is 0 Å². The summed E-state index contributed by atoms with van der Waals surface area (Å²) in [5, 5.41) is 20.9. The molecule has 114 valence electrons. The van der Waals surface area contributed by atoms with Gasteiger partial charge in [-0.1, -0.05) is 43.3 Å². The highest BCUT2D eigenvalue weighted by Gasteiger charge is 2.11. The van der Waals surface area contributed by atoms with Gasteiger partial charge in [-0.3, -0.25) is 4.57 Å². The second-order valence-corrected chi connectivity index (χ2v) is 5.72.